The second-order valence-corrected chi connectivity index (χ2v) is 8.86. The van der Waals surface area contributed by atoms with Crippen LogP contribution in [0.1, 0.15) is 16.8 Å². The summed E-state index contributed by atoms with van der Waals surface area (Å²) in [6, 6.07) is 17.0. The first-order chi connectivity index (χ1) is 16.4. The number of benzene rings is 2. The zero-order valence-electron chi connectivity index (χ0n) is 19.4. The van der Waals surface area contributed by atoms with E-state index < -0.39 is 0 Å². The first-order valence-corrected chi connectivity index (χ1v) is 11.8. The molecule has 0 atom stereocenters. The highest BCUT2D eigenvalue weighted by molar-refractivity contribution is 7.13. The molecule has 2 aromatic heterocycles. The zero-order chi connectivity index (χ0) is 24.1. The standard InChI is InChI=1S/C26H26N4O3S/c1-17-4-5-18(2)22(14-17)23-10-11-25(32)30(29-23)15-24(31)27-13-12-20-16-34-26(28-20)19-6-8-21(33-3)9-7-19/h4-11,14,16H,12-13,15H2,1-3H3,(H,27,31). The van der Waals surface area contributed by atoms with Crippen LogP contribution in [0.5, 0.6) is 5.75 Å². The molecule has 0 saturated heterocycles. The molecule has 0 aliphatic carbocycles. The van der Waals surface area contributed by atoms with E-state index in [9.17, 15) is 9.59 Å². The van der Waals surface area contributed by atoms with Gasteiger partial charge in [0.05, 0.1) is 18.5 Å². The summed E-state index contributed by atoms with van der Waals surface area (Å²) >= 11 is 1.56. The Morgan fingerprint density at radius 1 is 1.09 bits per heavy atom. The van der Waals surface area contributed by atoms with Crippen molar-refractivity contribution in [2.24, 2.45) is 0 Å². The molecule has 7 nitrogen and oxygen atoms in total. The maximum atomic E-state index is 12.5. The molecule has 0 aliphatic heterocycles. The zero-order valence-corrected chi connectivity index (χ0v) is 20.2. The van der Waals surface area contributed by atoms with Crippen LogP contribution in [0, 0.1) is 13.8 Å². The highest BCUT2D eigenvalue weighted by Crippen LogP contribution is 2.26. The van der Waals surface area contributed by atoms with E-state index in [-0.39, 0.29) is 18.0 Å². The molecule has 2 aromatic carbocycles. The van der Waals surface area contributed by atoms with Crippen LogP contribution in [-0.4, -0.2) is 34.3 Å². The molecule has 2 heterocycles. The quantitative estimate of drug-likeness (QED) is 0.417. The fraction of sp³-hybridized carbons (Fsp3) is 0.231. The summed E-state index contributed by atoms with van der Waals surface area (Å²) in [5.41, 5.74) is 5.40. The number of aromatic nitrogens is 3. The molecule has 0 radical (unpaired) electrons. The van der Waals surface area contributed by atoms with Crippen LogP contribution >= 0.6 is 11.3 Å². The van der Waals surface area contributed by atoms with Crippen molar-refractivity contribution in [2.75, 3.05) is 13.7 Å². The average Bonchev–Trinajstić information content (AvgIpc) is 3.31. The number of nitrogens with one attached hydrogen (secondary N) is 1. The van der Waals surface area contributed by atoms with Gasteiger partial charge < -0.3 is 10.1 Å². The second kappa shape index (κ2) is 10.4. The molecule has 0 fully saturated rings. The van der Waals surface area contributed by atoms with Crippen LogP contribution in [0.25, 0.3) is 21.8 Å². The number of ether oxygens (including phenoxy) is 1. The van der Waals surface area contributed by atoms with Gasteiger partial charge in [-0.05, 0) is 55.8 Å². The number of amides is 1. The van der Waals surface area contributed by atoms with Gasteiger partial charge >= 0.3 is 0 Å². The number of nitrogens with zero attached hydrogens (tertiary/aromatic N) is 3. The van der Waals surface area contributed by atoms with Gasteiger partial charge in [-0.15, -0.1) is 11.3 Å². The van der Waals surface area contributed by atoms with Gasteiger partial charge in [0.2, 0.25) is 5.91 Å². The van der Waals surface area contributed by atoms with E-state index in [1.165, 1.54) is 10.7 Å². The summed E-state index contributed by atoms with van der Waals surface area (Å²) in [6.45, 7) is 4.30. The molecule has 1 amide bonds. The van der Waals surface area contributed by atoms with Gasteiger partial charge in [-0.2, -0.15) is 5.10 Å². The monoisotopic (exact) mass is 474 g/mol. The molecule has 0 saturated carbocycles. The van der Waals surface area contributed by atoms with Crippen molar-refractivity contribution < 1.29 is 9.53 Å². The van der Waals surface area contributed by atoms with Crippen LogP contribution in [0.4, 0.5) is 0 Å². The summed E-state index contributed by atoms with van der Waals surface area (Å²) < 4.78 is 6.40. The van der Waals surface area contributed by atoms with Crippen LogP contribution in [0.15, 0.2) is 64.8 Å². The van der Waals surface area contributed by atoms with Gasteiger partial charge in [-0.1, -0.05) is 17.7 Å². The molecule has 0 aliphatic rings. The minimum atomic E-state index is -0.312. The van der Waals surface area contributed by atoms with E-state index in [2.05, 4.69) is 15.4 Å². The van der Waals surface area contributed by atoms with Crippen molar-refractivity contribution in [1.82, 2.24) is 20.1 Å². The number of rotatable bonds is 8. The van der Waals surface area contributed by atoms with Gasteiger partial charge in [0.1, 0.15) is 17.3 Å². The van der Waals surface area contributed by atoms with E-state index in [0.717, 1.165) is 38.7 Å². The largest absolute Gasteiger partial charge is 0.497 e. The number of carbonyl (C=O) groups excluding carboxylic acids is 1. The Morgan fingerprint density at radius 3 is 2.65 bits per heavy atom. The Hall–Kier alpha value is -3.78. The van der Waals surface area contributed by atoms with Crippen molar-refractivity contribution >= 4 is 17.2 Å². The highest BCUT2D eigenvalue weighted by Gasteiger charge is 2.11. The van der Waals surface area contributed by atoms with Crippen LogP contribution in [-0.2, 0) is 17.8 Å². The lowest BCUT2D eigenvalue weighted by atomic mass is 10.0. The number of thiazole rings is 1. The van der Waals surface area contributed by atoms with Crippen molar-refractivity contribution in [1.29, 1.82) is 0 Å². The number of hydrogen-bond donors (Lipinski definition) is 1. The Morgan fingerprint density at radius 2 is 1.88 bits per heavy atom. The van der Waals surface area contributed by atoms with Gasteiger partial charge in [-0.25, -0.2) is 9.67 Å². The van der Waals surface area contributed by atoms with Crippen molar-refractivity contribution in [3.8, 4) is 27.6 Å². The minimum Gasteiger partial charge on any atom is -0.497 e. The normalized spacial score (nSPS) is 10.8. The molecule has 8 heteroatoms. The fourth-order valence-electron chi connectivity index (χ4n) is 3.53. The first-order valence-electron chi connectivity index (χ1n) is 10.9. The van der Waals surface area contributed by atoms with E-state index in [0.29, 0.717) is 18.7 Å². The molecular formula is C26H26N4O3S. The lowest BCUT2D eigenvalue weighted by molar-refractivity contribution is -0.121. The minimum absolute atomic E-state index is 0.133. The van der Waals surface area contributed by atoms with Crippen LogP contribution < -0.4 is 15.6 Å². The van der Waals surface area contributed by atoms with E-state index in [1.54, 1.807) is 24.5 Å². The molecule has 4 rings (SSSR count). The first kappa shape index (κ1) is 23.4. The maximum Gasteiger partial charge on any atom is 0.267 e. The Bertz CT molecular complexity index is 1360. The van der Waals surface area contributed by atoms with Crippen LogP contribution in [0.3, 0.4) is 0 Å². The summed E-state index contributed by atoms with van der Waals surface area (Å²) in [7, 11) is 1.64. The number of methoxy groups -OCH3 is 1. The molecule has 0 unspecified atom stereocenters. The van der Waals surface area contributed by atoms with Gasteiger partial charge in [0, 0.05) is 35.5 Å². The van der Waals surface area contributed by atoms with E-state index in [4.69, 9.17) is 4.74 Å². The predicted octanol–water partition coefficient (Wildman–Crippen LogP) is 4.02. The van der Waals surface area contributed by atoms with E-state index >= 15 is 0 Å². The lowest BCUT2D eigenvalue weighted by Gasteiger charge is -2.10. The number of hydrogen-bond acceptors (Lipinski definition) is 6. The Kier molecular flexibility index (Phi) is 7.18. The third kappa shape index (κ3) is 5.58. The third-order valence-electron chi connectivity index (χ3n) is 5.42. The SMILES string of the molecule is COc1ccc(-c2nc(CCNC(=O)Cn3nc(-c4cc(C)ccc4C)ccc3=O)cs2)cc1. The molecule has 0 spiro atoms. The van der Waals surface area contributed by atoms with Crippen LogP contribution in [0.2, 0.25) is 0 Å². The molecule has 4 aromatic rings. The lowest BCUT2D eigenvalue weighted by Crippen LogP contribution is -2.34. The van der Waals surface area contributed by atoms with Gasteiger partial charge in [0.15, 0.2) is 0 Å². The Labute approximate surface area is 202 Å². The molecule has 34 heavy (non-hydrogen) atoms. The third-order valence-corrected chi connectivity index (χ3v) is 6.36. The number of carbonyl (C=O) groups is 1. The maximum absolute atomic E-state index is 12.5. The molecule has 174 valence electrons. The van der Waals surface area contributed by atoms with Gasteiger partial charge in [-0.3, -0.25) is 9.59 Å². The molecule has 1 N–H and O–H groups in total. The van der Waals surface area contributed by atoms with Crippen molar-refractivity contribution in [3.05, 3.63) is 87.2 Å². The molecular weight excluding hydrogens is 448 g/mol. The van der Waals surface area contributed by atoms with Gasteiger partial charge in [0.25, 0.3) is 5.56 Å². The van der Waals surface area contributed by atoms with Crippen molar-refractivity contribution in [2.45, 2.75) is 26.8 Å². The summed E-state index contributed by atoms with van der Waals surface area (Å²) in [6.07, 6.45) is 0.600. The fourth-order valence-corrected chi connectivity index (χ4v) is 4.39. The summed E-state index contributed by atoms with van der Waals surface area (Å²) in [5, 5.41) is 10.2. The topological polar surface area (TPSA) is 86.1 Å². The Balaban J connectivity index is 1.35. The van der Waals surface area contributed by atoms with Crippen molar-refractivity contribution in [3.63, 3.8) is 0 Å². The summed E-state index contributed by atoms with van der Waals surface area (Å²) in [5.74, 6) is 0.537. The smallest absolute Gasteiger partial charge is 0.267 e. The predicted molar refractivity (Wildman–Crippen MR) is 134 cm³/mol. The molecule has 0 bridgehead atoms. The second-order valence-electron chi connectivity index (χ2n) is 8.01. The number of aryl methyl sites for hydroxylation is 2. The van der Waals surface area contributed by atoms with E-state index in [1.807, 2.05) is 61.7 Å². The summed E-state index contributed by atoms with van der Waals surface area (Å²) in [4.78, 5) is 29.4. The highest BCUT2D eigenvalue weighted by atomic mass is 32.1. The average molecular weight is 475 g/mol.